The molecule has 1 atom stereocenters. The van der Waals surface area contributed by atoms with E-state index in [1.54, 1.807) is 18.3 Å². The van der Waals surface area contributed by atoms with Crippen molar-refractivity contribution in [2.45, 2.75) is 25.3 Å². The second-order valence-corrected chi connectivity index (χ2v) is 7.14. The van der Waals surface area contributed by atoms with Gasteiger partial charge in [-0.25, -0.2) is 19.3 Å². The fraction of sp³-hybridized carbons (Fsp3) is 0.286. The van der Waals surface area contributed by atoms with E-state index in [4.69, 9.17) is 9.97 Å². The second-order valence-electron chi connectivity index (χ2n) is 7.14. The highest BCUT2D eigenvalue weighted by Gasteiger charge is 2.22. The van der Waals surface area contributed by atoms with Crippen LogP contribution in [0.15, 0.2) is 42.6 Å². The zero-order valence-corrected chi connectivity index (χ0v) is 15.4. The lowest BCUT2D eigenvalue weighted by Crippen LogP contribution is -2.38. The van der Waals surface area contributed by atoms with E-state index in [9.17, 15) is 4.39 Å². The first-order chi connectivity index (χ1) is 13.8. The van der Waals surface area contributed by atoms with Gasteiger partial charge in [-0.3, -0.25) is 0 Å². The summed E-state index contributed by atoms with van der Waals surface area (Å²) in [7, 11) is 0. The van der Waals surface area contributed by atoms with Crippen molar-refractivity contribution in [2.75, 3.05) is 18.4 Å². The van der Waals surface area contributed by atoms with E-state index < -0.39 is 0 Å². The first kappa shape index (κ1) is 17.1. The van der Waals surface area contributed by atoms with Crippen LogP contribution in [0.3, 0.4) is 0 Å². The number of nitrogens with zero attached hydrogens (tertiary/aromatic N) is 4. The monoisotopic (exact) mass is 376 g/mol. The minimum absolute atomic E-state index is 0.258. The molecule has 0 bridgehead atoms. The first-order valence-corrected chi connectivity index (χ1v) is 9.62. The Balaban J connectivity index is 1.54. The molecule has 3 aromatic rings. The Kier molecular flexibility index (Phi) is 4.37. The van der Waals surface area contributed by atoms with Crippen molar-refractivity contribution in [2.24, 2.45) is 0 Å². The van der Waals surface area contributed by atoms with Crippen molar-refractivity contribution in [3.63, 3.8) is 0 Å². The lowest BCUT2D eigenvalue weighted by atomic mass is 10.1. The molecule has 2 aliphatic rings. The van der Waals surface area contributed by atoms with Gasteiger partial charge in [-0.15, -0.1) is 0 Å². The topological polar surface area (TPSA) is 67.7 Å². The normalized spacial score (nSPS) is 18.2. The third kappa shape index (κ3) is 3.18. The highest BCUT2D eigenvalue weighted by atomic mass is 19.1. The fourth-order valence-corrected chi connectivity index (χ4v) is 3.82. The third-order valence-electron chi connectivity index (χ3n) is 5.19. The molecule has 5 rings (SSSR count). The van der Waals surface area contributed by atoms with E-state index in [0.717, 1.165) is 60.8 Å². The summed E-state index contributed by atoms with van der Waals surface area (Å²) in [4.78, 5) is 14.0. The molecule has 2 N–H and O–H groups in total. The molecule has 0 unspecified atom stereocenters. The second kappa shape index (κ2) is 7.16. The lowest BCUT2D eigenvalue weighted by molar-refractivity contribution is 0.478. The van der Waals surface area contributed by atoms with Crippen molar-refractivity contribution in [1.29, 1.82) is 0 Å². The average molecular weight is 376 g/mol. The molecule has 0 aliphatic carbocycles. The number of fused-ring (bicyclic) bond motifs is 1. The van der Waals surface area contributed by atoms with Crippen LogP contribution < -0.4 is 10.6 Å². The Morgan fingerprint density at radius 1 is 1.14 bits per heavy atom. The third-order valence-corrected chi connectivity index (χ3v) is 5.19. The predicted octanol–water partition coefficient (Wildman–Crippen LogP) is 3.34. The van der Waals surface area contributed by atoms with Gasteiger partial charge in [0.05, 0.1) is 17.1 Å². The molecule has 1 saturated heterocycles. The maximum absolute atomic E-state index is 13.4. The molecule has 6 nitrogen and oxygen atoms in total. The average Bonchev–Trinajstić information content (AvgIpc) is 3.31. The quantitative estimate of drug-likeness (QED) is 0.731. The zero-order valence-electron chi connectivity index (χ0n) is 15.4. The fourth-order valence-electron chi connectivity index (χ4n) is 3.82. The Labute approximate surface area is 162 Å². The molecule has 4 heterocycles. The van der Waals surface area contributed by atoms with Gasteiger partial charge in [-0.05, 0) is 49.7 Å². The molecule has 0 spiro atoms. The van der Waals surface area contributed by atoms with Crippen LogP contribution >= 0.6 is 0 Å². The molecule has 28 heavy (non-hydrogen) atoms. The summed E-state index contributed by atoms with van der Waals surface area (Å²) in [5.74, 6) is 1.32. The number of imidazole rings is 1. The summed E-state index contributed by atoms with van der Waals surface area (Å²) in [6, 6.07) is 8.67. The summed E-state index contributed by atoms with van der Waals surface area (Å²) in [5.41, 5.74) is 3.38. The minimum atomic E-state index is -0.258. The Hall–Kier alpha value is -3.06. The Morgan fingerprint density at radius 2 is 2.04 bits per heavy atom. The lowest BCUT2D eigenvalue weighted by Gasteiger charge is -2.23. The van der Waals surface area contributed by atoms with E-state index in [-0.39, 0.29) is 5.82 Å². The van der Waals surface area contributed by atoms with Crippen molar-refractivity contribution in [1.82, 2.24) is 24.8 Å². The maximum Gasteiger partial charge on any atom is 0.223 e. The minimum Gasteiger partial charge on any atom is -0.350 e. The molecule has 0 saturated carbocycles. The van der Waals surface area contributed by atoms with Crippen molar-refractivity contribution in [3.05, 3.63) is 54.2 Å². The van der Waals surface area contributed by atoms with Crippen LogP contribution in [0.5, 0.6) is 0 Å². The summed E-state index contributed by atoms with van der Waals surface area (Å²) < 4.78 is 15.5. The number of hydrogen-bond acceptors (Lipinski definition) is 5. The summed E-state index contributed by atoms with van der Waals surface area (Å²) in [6.45, 7) is 1.98. The van der Waals surface area contributed by atoms with Crippen LogP contribution in [-0.4, -0.2) is 38.7 Å². The van der Waals surface area contributed by atoms with Crippen molar-refractivity contribution >= 4 is 12.1 Å². The predicted molar refractivity (Wildman–Crippen MR) is 107 cm³/mol. The number of nitrogens with one attached hydrogen (secondary N) is 2. The zero-order chi connectivity index (χ0) is 18.9. The highest BCUT2D eigenvalue weighted by molar-refractivity contribution is 5.79. The van der Waals surface area contributed by atoms with Gasteiger partial charge >= 0.3 is 0 Å². The van der Waals surface area contributed by atoms with Crippen LogP contribution in [0, 0.1) is 5.82 Å². The van der Waals surface area contributed by atoms with Crippen LogP contribution in [0.1, 0.15) is 18.7 Å². The van der Waals surface area contributed by atoms with Gasteiger partial charge in [-0.2, -0.15) is 0 Å². The van der Waals surface area contributed by atoms with Crippen LogP contribution in [0.2, 0.25) is 0 Å². The van der Waals surface area contributed by atoms with E-state index >= 15 is 0 Å². The smallest absolute Gasteiger partial charge is 0.223 e. The number of allylic oxidation sites excluding steroid dienone is 1. The standard InChI is InChI=1S/C21H21FN6/c22-15-7-5-14(6-8-15)19-20(28-12-2-4-18(28)27-19)17-9-11-24-21(26-17)25-16-3-1-10-23-13-16/h2,5-9,11-12,16,23H,1,3-4,10,13H2,(H,24,25,26)/t16-/m1/s1. The van der Waals surface area contributed by atoms with E-state index in [0.29, 0.717) is 12.0 Å². The van der Waals surface area contributed by atoms with E-state index in [1.807, 2.05) is 12.3 Å². The number of benzene rings is 1. The van der Waals surface area contributed by atoms with Crippen LogP contribution in [0.4, 0.5) is 10.3 Å². The number of hydrogen-bond donors (Lipinski definition) is 2. The molecule has 7 heteroatoms. The first-order valence-electron chi connectivity index (χ1n) is 9.62. The number of aromatic nitrogens is 4. The van der Waals surface area contributed by atoms with Gasteiger partial charge in [0.25, 0.3) is 0 Å². The SMILES string of the molecule is Fc1ccc(-c2nc3n(c2-c2ccnc(N[C@@H]4CCCNC4)n2)C=CC3)cc1. The molecule has 2 aliphatic heterocycles. The molecule has 1 aromatic carbocycles. The summed E-state index contributed by atoms with van der Waals surface area (Å²) in [5, 5.41) is 6.83. The van der Waals surface area contributed by atoms with Crippen molar-refractivity contribution < 1.29 is 4.39 Å². The number of piperidine rings is 1. The maximum atomic E-state index is 13.4. The molecular weight excluding hydrogens is 355 g/mol. The van der Waals surface area contributed by atoms with Gasteiger partial charge in [0.2, 0.25) is 5.95 Å². The molecular formula is C21H21FN6. The molecule has 1 fully saturated rings. The Bertz CT molecular complexity index is 1020. The van der Waals surface area contributed by atoms with Gasteiger partial charge in [0.1, 0.15) is 11.6 Å². The number of halogens is 1. The summed E-state index contributed by atoms with van der Waals surface area (Å²) >= 11 is 0. The van der Waals surface area contributed by atoms with Crippen LogP contribution in [-0.2, 0) is 6.42 Å². The molecule has 142 valence electrons. The van der Waals surface area contributed by atoms with Crippen LogP contribution in [0.25, 0.3) is 28.8 Å². The van der Waals surface area contributed by atoms with Gasteiger partial charge < -0.3 is 15.2 Å². The molecule has 2 aromatic heterocycles. The largest absolute Gasteiger partial charge is 0.350 e. The van der Waals surface area contributed by atoms with Gasteiger partial charge in [-0.1, -0.05) is 6.08 Å². The number of rotatable bonds is 4. The highest BCUT2D eigenvalue weighted by Crippen LogP contribution is 2.34. The van der Waals surface area contributed by atoms with Gasteiger partial charge in [0, 0.05) is 37.0 Å². The molecule has 0 amide bonds. The molecule has 0 radical (unpaired) electrons. The Morgan fingerprint density at radius 3 is 2.86 bits per heavy atom. The summed E-state index contributed by atoms with van der Waals surface area (Å²) in [6.07, 6.45) is 8.89. The van der Waals surface area contributed by atoms with Crippen molar-refractivity contribution in [3.8, 4) is 22.6 Å². The van der Waals surface area contributed by atoms with Gasteiger partial charge in [0.15, 0.2) is 0 Å². The number of anilines is 1. The van der Waals surface area contributed by atoms with E-state index in [2.05, 4.69) is 26.3 Å². The van der Waals surface area contributed by atoms with E-state index in [1.165, 1.54) is 12.1 Å².